The van der Waals surface area contributed by atoms with Crippen LogP contribution in [0.3, 0.4) is 0 Å². The SMILES string of the molecule is Cc1ccc(NC(=O)CN(Cc2ccco2)S(=O)(=O)c2ccc(Cl)nc2)c(C)c1. The van der Waals surface area contributed by atoms with Gasteiger partial charge in [-0.1, -0.05) is 29.3 Å². The molecule has 152 valence electrons. The molecule has 1 amide bonds. The van der Waals surface area contributed by atoms with Gasteiger partial charge in [-0.3, -0.25) is 4.79 Å². The van der Waals surface area contributed by atoms with E-state index in [1.165, 1.54) is 18.4 Å². The number of furan rings is 1. The number of nitrogens with zero attached hydrogens (tertiary/aromatic N) is 2. The number of carbonyl (C=O) groups excluding carboxylic acids is 1. The normalized spacial score (nSPS) is 11.6. The minimum Gasteiger partial charge on any atom is -0.468 e. The number of aryl methyl sites for hydroxylation is 2. The Kier molecular flexibility index (Phi) is 6.36. The van der Waals surface area contributed by atoms with Crippen molar-refractivity contribution in [2.45, 2.75) is 25.3 Å². The Morgan fingerprint density at radius 1 is 1.21 bits per heavy atom. The lowest BCUT2D eigenvalue weighted by molar-refractivity contribution is -0.116. The molecule has 0 aliphatic heterocycles. The average Bonchev–Trinajstić information content (AvgIpc) is 3.17. The van der Waals surface area contributed by atoms with E-state index in [0.29, 0.717) is 11.4 Å². The zero-order valence-electron chi connectivity index (χ0n) is 15.9. The highest BCUT2D eigenvalue weighted by Crippen LogP contribution is 2.20. The molecule has 0 saturated carbocycles. The third-order valence-corrected chi connectivity index (χ3v) is 6.23. The largest absolute Gasteiger partial charge is 0.468 e. The van der Waals surface area contributed by atoms with E-state index in [4.69, 9.17) is 16.0 Å². The van der Waals surface area contributed by atoms with Gasteiger partial charge < -0.3 is 9.73 Å². The van der Waals surface area contributed by atoms with Crippen LogP contribution < -0.4 is 5.32 Å². The molecule has 0 fully saturated rings. The summed E-state index contributed by atoms with van der Waals surface area (Å²) in [6.07, 6.45) is 2.61. The number of hydrogen-bond donors (Lipinski definition) is 1. The Morgan fingerprint density at radius 3 is 2.62 bits per heavy atom. The molecule has 0 spiro atoms. The van der Waals surface area contributed by atoms with Crippen LogP contribution in [0, 0.1) is 13.8 Å². The number of anilines is 1. The van der Waals surface area contributed by atoms with E-state index in [0.717, 1.165) is 21.6 Å². The number of carbonyl (C=O) groups is 1. The lowest BCUT2D eigenvalue weighted by Crippen LogP contribution is -2.37. The van der Waals surface area contributed by atoms with Crippen LogP contribution >= 0.6 is 11.6 Å². The minimum absolute atomic E-state index is 0.0622. The van der Waals surface area contributed by atoms with Gasteiger partial charge in [-0.25, -0.2) is 13.4 Å². The molecule has 0 aliphatic carbocycles. The van der Waals surface area contributed by atoms with Crippen molar-refractivity contribution in [2.24, 2.45) is 0 Å². The first-order chi connectivity index (χ1) is 13.8. The van der Waals surface area contributed by atoms with E-state index in [-0.39, 0.29) is 23.1 Å². The lowest BCUT2D eigenvalue weighted by Gasteiger charge is -2.21. The molecule has 0 radical (unpaired) electrons. The number of pyridine rings is 1. The van der Waals surface area contributed by atoms with Crippen molar-refractivity contribution in [3.63, 3.8) is 0 Å². The van der Waals surface area contributed by atoms with Gasteiger partial charge in [-0.15, -0.1) is 0 Å². The van der Waals surface area contributed by atoms with Crippen LogP contribution in [0.4, 0.5) is 5.69 Å². The summed E-state index contributed by atoms with van der Waals surface area (Å²) in [5.74, 6) is -0.0520. The van der Waals surface area contributed by atoms with E-state index in [1.54, 1.807) is 18.2 Å². The highest BCUT2D eigenvalue weighted by Gasteiger charge is 2.28. The first-order valence-electron chi connectivity index (χ1n) is 8.77. The summed E-state index contributed by atoms with van der Waals surface area (Å²) in [5.41, 5.74) is 2.59. The molecular weight excluding hydrogens is 414 g/mol. The Bertz CT molecular complexity index is 1100. The summed E-state index contributed by atoms with van der Waals surface area (Å²) in [5, 5.41) is 2.94. The molecule has 29 heavy (non-hydrogen) atoms. The molecule has 3 rings (SSSR count). The van der Waals surface area contributed by atoms with Crippen LogP contribution in [-0.4, -0.2) is 30.2 Å². The third-order valence-electron chi connectivity index (χ3n) is 4.23. The smallest absolute Gasteiger partial charge is 0.245 e. The number of hydrogen-bond acceptors (Lipinski definition) is 5. The molecule has 3 aromatic rings. The summed E-state index contributed by atoms with van der Waals surface area (Å²) in [6, 6.07) is 11.6. The van der Waals surface area contributed by atoms with E-state index < -0.39 is 15.9 Å². The van der Waals surface area contributed by atoms with E-state index >= 15 is 0 Å². The molecular formula is C20H20ClN3O4S. The number of aromatic nitrogens is 1. The van der Waals surface area contributed by atoms with Crippen molar-refractivity contribution in [3.8, 4) is 0 Å². The maximum Gasteiger partial charge on any atom is 0.245 e. The highest BCUT2D eigenvalue weighted by atomic mass is 35.5. The first-order valence-corrected chi connectivity index (χ1v) is 10.6. The second-order valence-electron chi connectivity index (χ2n) is 6.54. The summed E-state index contributed by atoms with van der Waals surface area (Å²) in [4.78, 5) is 16.4. The zero-order valence-corrected chi connectivity index (χ0v) is 17.5. The molecule has 9 heteroatoms. The highest BCUT2D eigenvalue weighted by molar-refractivity contribution is 7.89. The Morgan fingerprint density at radius 2 is 2.00 bits per heavy atom. The molecule has 1 aromatic carbocycles. The Hall–Kier alpha value is -2.68. The summed E-state index contributed by atoms with van der Waals surface area (Å²) < 4.78 is 32.5. The van der Waals surface area contributed by atoms with Gasteiger partial charge in [0, 0.05) is 11.9 Å². The van der Waals surface area contributed by atoms with Crippen LogP contribution in [0.15, 0.2) is 64.2 Å². The maximum atomic E-state index is 13.1. The number of amides is 1. The molecule has 0 saturated heterocycles. The molecule has 1 N–H and O–H groups in total. The van der Waals surface area contributed by atoms with Gasteiger partial charge in [0.25, 0.3) is 0 Å². The van der Waals surface area contributed by atoms with Gasteiger partial charge in [-0.2, -0.15) is 4.31 Å². The molecule has 0 aliphatic rings. The predicted octanol–water partition coefficient (Wildman–Crippen LogP) is 3.77. The average molecular weight is 434 g/mol. The van der Waals surface area contributed by atoms with E-state index in [9.17, 15) is 13.2 Å². The van der Waals surface area contributed by atoms with Gasteiger partial charge >= 0.3 is 0 Å². The minimum atomic E-state index is -4.01. The number of rotatable bonds is 7. The van der Waals surface area contributed by atoms with Crippen LogP contribution in [-0.2, 0) is 21.4 Å². The number of nitrogens with one attached hydrogen (secondary N) is 1. The quantitative estimate of drug-likeness (QED) is 0.572. The monoisotopic (exact) mass is 433 g/mol. The topological polar surface area (TPSA) is 92.5 Å². The van der Waals surface area contributed by atoms with Crippen LogP contribution in [0.2, 0.25) is 5.15 Å². The van der Waals surface area contributed by atoms with Gasteiger partial charge in [0.15, 0.2) is 0 Å². The second-order valence-corrected chi connectivity index (χ2v) is 8.86. The summed E-state index contributed by atoms with van der Waals surface area (Å²) in [7, 11) is -4.01. The predicted molar refractivity (Wildman–Crippen MR) is 110 cm³/mol. The van der Waals surface area contributed by atoms with E-state index in [2.05, 4.69) is 10.3 Å². The van der Waals surface area contributed by atoms with Crippen LogP contribution in [0.1, 0.15) is 16.9 Å². The summed E-state index contributed by atoms with van der Waals surface area (Å²) >= 11 is 5.76. The molecule has 2 heterocycles. The van der Waals surface area contributed by atoms with E-state index in [1.807, 2.05) is 26.0 Å². The van der Waals surface area contributed by atoms with Gasteiger partial charge in [-0.05, 0) is 49.7 Å². The second kappa shape index (κ2) is 8.77. The van der Waals surface area contributed by atoms with Crippen molar-refractivity contribution in [1.82, 2.24) is 9.29 Å². The standard InChI is InChI=1S/C20H20ClN3O4S/c1-14-5-7-18(15(2)10-14)23-20(25)13-24(12-16-4-3-9-28-16)29(26,27)17-6-8-19(21)22-11-17/h3-11H,12-13H2,1-2H3,(H,23,25). The maximum absolute atomic E-state index is 13.1. The molecule has 0 atom stereocenters. The van der Waals surface area contributed by atoms with Crippen molar-refractivity contribution < 1.29 is 17.6 Å². The number of sulfonamides is 1. The Labute approximate surface area is 174 Å². The number of halogens is 1. The van der Waals surface area contributed by atoms with Gasteiger partial charge in [0.2, 0.25) is 15.9 Å². The fourth-order valence-electron chi connectivity index (χ4n) is 2.77. The first kappa shape index (κ1) is 21.0. The van der Waals surface area contributed by atoms with Crippen LogP contribution in [0.5, 0.6) is 0 Å². The van der Waals surface area contributed by atoms with Crippen molar-refractivity contribution in [3.05, 3.63) is 77.0 Å². The Balaban J connectivity index is 1.85. The number of benzene rings is 1. The third kappa shape index (κ3) is 5.23. The van der Waals surface area contributed by atoms with Gasteiger partial charge in [0.05, 0.1) is 19.4 Å². The van der Waals surface area contributed by atoms with Crippen LogP contribution in [0.25, 0.3) is 0 Å². The fraction of sp³-hybridized carbons (Fsp3) is 0.200. The van der Waals surface area contributed by atoms with Crippen molar-refractivity contribution in [1.29, 1.82) is 0 Å². The molecule has 7 nitrogen and oxygen atoms in total. The van der Waals surface area contributed by atoms with Gasteiger partial charge in [0.1, 0.15) is 15.8 Å². The zero-order chi connectivity index (χ0) is 21.0. The molecule has 0 bridgehead atoms. The van der Waals surface area contributed by atoms with Crippen molar-refractivity contribution in [2.75, 3.05) is 11.9 Å². The van der Waals surface area contributed by atoms with Crippen molar-refractivity contribution >= 4 is 33.2 Å². The summed E-state index contributed by atoms with van der Waals surface area (Å²) in [6.45, 7) is 3.34. The lowest BCUT2D eigenvalue weighted by atomic mass is 10.1. The molecule has 2 aromatic heterocycles. The fourth-order valence-corrected chi connectivity index (χ4v) is 4.19. The molecule has 0 unspecified atom stereocenters.